The molecule has 0 aromatic carbocycles. The Morgan fingerprint density at radius 3 is 2.63 bits per heavy atom. The van der Waals surface area contributed by atoms with Crippen molar-refractivity contribution in [2.45, 2.75) is 12.8 Å². The van der Waals surface area contributed by atoms with E-state index < -0.39 is 0 Å². The monoisotopic (exact) mass is 365 g/mol. The van der Waals surface area contributed by atoms with Crippen LogP contribution >= 0.6 is 0 Å². The first kappa shape index (κ1) is 17.1. The lowest BCUT2D eigenvalue weighted by Gasteiger charge is -2.31. The smallest absolute Gasteiger partial charge is 0.255 e. The number of piperidine rings is 1. The number of aryl methyl sites for hydroxylation is 1. The number of pyridine rings is 1. The Morgan fingerprint density at radius 1 is 1.15 bits per heavy atom. The maximum atomic E-state index is 12.8. The van der Waals surface area contributed by atoms with E-state index in [-0.39, 0.29) is 17.6 Å². The molecule has 9 heteroatoms. The van der Waals surface area contributed by atoms with Crippen molar-refractivity contribution in [3.63, 3.8) is 0 Å². The summed E-state index contributed by atoms with van der Waals surface area (Å²) in [5.41, 5.74) is 0.497. The minimum absolute atomic E-state index is 0.0129. The molecule has 0 unspecified atom stereocenters. The van der Waals surface area contributed by atoms with E-state index in [1.165, 1.54) is 0 Å². The first-order valence-corrected chi connectivity index (χ1v) is 8.75. The molecule has 0 radical (unpaired) electrons. The maximum absolute atomic E-state index is 12.8. The van der Waals surface area contributed by atoms with E-state index in [0.717, 1.165) is 12.8 Å². The lowest BCUT2D eigenvalue weighted by atomic mass is 9.93. The van der Waals surface area contributed by atoms with Crippen LogP contribution < -0.4 is 0 Å². The van der Waals surface area contributed by atoms with E-state index in [1.54, 1.807) is 64.5 Å². The van der Waals surface area contributed by atoms with E-state index in [4.69, 9.17) is 0 Å². The van der Waals surface area contributed by atoms with Gasteiger partial charge in [-0.3, -0.25) is 14.2 Å². The fourth-order valence-electron chi connectivity index (χ4n) is 3.33. The van der Waals surface area contributed by atoms with Crippen molar-refractivity contribution in [2.75, 3.05) is 13.1 Å². The zero-order chi connectivity index (χ0) is 18.8. The second-order valence-electron chi connectivity index (χ2n) is 6.59. The lowest BCUT2D eigenvalue weighted by molar-refractivity contribution is 0.0632. The molecule has 1 aliphatic rings. The summed E-state index contributed by atoms with van der Waals surface area (Å²) < 4.78 is 3.38. The number of Topliss-reactive ketones (excluding diaryl/α,β-unsaturated/α-hetero) is 1. The van der Waals surface area contributed by atoms with Crippen LogP contribution in [-0.4, -0.2) is 59.0 Å². The highest BCUT2D eigenvalue weighted by atomic mass is 16.2. The van der Waals surface area contributed by atoms with Crippen LogP contribution in [-0.2, 0) is 7.05 Å². The van der Waals surface area contributed by atoms with Gasteiger partial charge in [0, 0.05) is 44.6 Å². The number of amides is 1. The molecule has 0 N–H and O–H groups in total. The summed E-state index contributed by atoms with van der Waals surface area (Å²) in [5, 5.41) is 7.48. The molecule has 4 rings (SSSR count). The van der Waals surface area contributed by atoms with Crippen LogP contribution in [0.5, 0.6) is 0 Å². The first-order chi connectivity index (χ1) is 13.1. The van der Waals surface area contributed by atoms with Crippen molar-refractivity contribution in [3.8, 4) is 5.82 Å². The number of ketones is 1. The first-order valence-electron chi connectivity index (χ1n) is 8.75. The summed E-state index contributed by atoms with van der Waals surface area (Å²) >= 11 is 0. The maximum Gasteiger partial charge on any atom is 0.255 e. The number of likely N-dealkylation sites (tertiary alicyclic amines) is 1. The van der Waals surface area contributed by atoms with Crippen molar-refractivity contribution in [2.24, 2.45) is 13.0 Å². The summed E-state index contributed by atoms with van der Waals surface area (Å²) in [5.74, 6) is 0.719. The number of aromatic nitrogens is 6. The molecule has 0 saturated carbocycles. The van der Waals surface area contributed by atoms with Gasteiger partial charge in [0.15, 0.2) is 5.82 Å². The average molecular weight is 365 g/mol. The van der Waals surface area contributed by atoms with Gasteiger partial charge in [-0.2, -0.15) is 0 Å². The van der Waals surface area contributed by atoms with Crippen LogP contribution in [0.3, 0.4) is 0 Å². The van der Waals surface area contributed by atoms with Crippen LogP contribution in [0.1, 0.15) is 33.8 Å². The Morgan fingerprint density at radius 2 is 1.96 bits per heavy atom. The van der Waals surface area contributed by atoms with E-state index in [1.807, 2.05) is 0 Å². The third-order valence-electron chi connectivity index (χ3n) is 4.80. The Hall–Kier alpha value is -3.36. The second-order valence-corrected chi connectivity index (χ2v) is 6.59. The van der Waals surface area contributed by atoms with Crippen LogP contribution in [0.2, 0.25) is 0 Å². The normalized spacial score (nSPS) is 17.1. The topological polar surface area (TPSA) is 98.8 Å². The van der Waals surface area contributed by atoms with Gasteiger partial charge in [0.05, 0.1) is 5.56 Å². The highest BCUT2D eigenvalue weighted by Crippen LogP contribution is 2.22. The van der Waals surface area contributed by atoms with Crippen LogP contribution in [0, 0.1) is 5.92 Å². The molecule has 27 heavy (non-hydrogen) atoms. The van der Waals surface area contributed by atoms with Gasteiger partial charge >= 0.3 is 0 Å². The molecule has 138 valence electrons. The predicted octanol–water partition coefficient (Wildman–Crippen LogP) is 1.13. The van der Waals surface area contributed by atoms with Gasteiger partial charge in [0.2, 0.25) is 5.78 Å². The van der Waals surface area contributed by atoms with Gasteiger partial charge in [-0.15, -0.1) is 10.2 Å². The SMILES string of the molecule is Cn1ccnc1C(=O)[C@@H]1CCCN(C(=O)c2ccc(-n3cnnc3)nc2)C1. The molecule has 1 atom stereocenters. The number of carbonyl (C=O) groups is 2. The number of hydrogen-bond acceptors (Lipinski definition) is 6. The Bertz CT molecular complexity index is 947. The van der Waals surface area contributed by atoms with Crippen molar-refractivity contribution in [1.82, 2.24) is 34.2 Å². The molecular formula is C18H19N7O2. The van der Waals surface area contributed by atoms with Crippen LogP contribution in [0.15, 0.2) is 43.4 Å². The van der Waals surface area contributed by atoms with Gasteiger partial charge in [0.1, 0.15) is 18.5 Å². The number of nitrogens with zero attached hydrogens (tertiary/aromatic N) is 7. The van der Waals surface area contributed by atoms with Crippen LogP contribution in [0.25, 0.3) is 5.82 Å². The van der Waals surface area contributed by atoms with Gasteiger partial charge in [-0.05, 0) is 25.0 Å². The summed E-state index contributed by atoms with van der Waals surface area (Å²) in [7, 11) is 1.80. The number of imidazole rings is 1. The molecule has 1 saturated heterocycles. The summed E-state index contributed by atoms with van der Waals surface area (Å²) in [6.45, 7) is 1.04. The molecule has 0 bridgehead atoms. The summed E-state index contributed by atoms with van der Waals surface area (Å²) in [4.78, 5) is 35.7. The van der Waals surface area contributed by atoms with Gasteiger partial charge in [0.25, 0.3) is 5.91 Å². The molecule has 3 aromatic heterocycles. The molecule has 1 fully saturated rings. The van der Waals surface area contributed by atoms with E-state index in [0.29, 0.717) is 30.3 Å². The Balaban J connectivity index is 1.47. The second kappa shape index (κ2) is 7.10. The number of hydrogen-bond donors (Lipinski definition) is 0. The van der Waals surface area contributed by atoms with Gasteiger partial charge in [-0.1, -0.05) is 0 Å². The third kappa shape index (κ3) is 3.35. The molecule has 3 aromatic rings. The fraction of sp³-hybridized carbons (Fsp3) is 0.333. The number of rotatable bonds is 4. The van der Waals surface area contributed by atoms with Crippen molar-refractivity contribution >= 4 is 11.7 Å². The highest BCUT2D eigenvalue weighted by Gasteiger charge is 2.31. The van der Waals surface area contributed by atoms with Crippen molar-refractivity contribution in [3.05, 3.63) is 54.8 Å². The molecule has 1 amide bonds. The Kier molecular flexibility index (Phi) is 4.49. The highest BCUT2D eigenvalue weighted by molar-refractivity contribution is 5.97. The van der Waals surface area contributed by atoms with Crippen molar-refractivity contribution < 1.29 is 9.59 Å². The van der Waals surface area contributed by atoms with Crippen LogP contribution in [0.4, 0.5) is 0 Å². The standard InChI is InChI=1S/C18H19N7O2/c1-23-8-6-19-17(23)16(26)14-3-2-7-24(10-14)18(27)13-4-5-15(20-9-13)25-11-21-22-12-25/h4-6,8-9,11-12,14H,2-3,7,10H2,1H3/t14-/m1/s1. The molecule has 0 spiro atoms. The number of carbonyl (C=O) groups excluding carboxylic acids is 2. The minimum atomic E-state index is -0.229. The van der Waals surface area contributed by atoms with E-state index in [9.17, 15) is 9.59 Å². The van der Waals surface area contributed by atoms with E-state index in [2.05, 4.69) is 20.2 Å². The summed E-state index contributed by atoms with van der Waals surface area (Å²) in [6, 6.07) is 3.48. The molecule has 1 aliphatic heterocycles. The predicted molar refractivity (Wildman–Crippen MR) is 95.3 cm³/mol. The summed E-state index contributed by atoms with van der Waals surface area (Å²) in [6.07, 6.45) is 9.55. The molecule has 4 heterocycles. The lowest BCUT2D eigenvalue weighted by Crippen LogP contribution is -2.42. The zero-order valence-corrected chi connectivity index (χ0v) is 14.9. The average Bonchev–Trinajstić information content (AvgIpc) is 3.39. The van der Waals surface area contributed by atoms with Crippen molar-refractivity contribution in [1.29, 1.82) is 0 Å². The van der Waals surface area contributed by atoms with Gasteiger partial charge in [-0.25, -0.2) is 9.97 Å². The molecule has 9 nitrogen and oxygen atoms in total. The van der Waals surface area contributed by atoms with Gasteiger partial charge < -0.3 is 9.47 Å². The zero-order valence-electron chi connectivity index (χ0n) is 14.9. The van der Waals surface area contributed by atoms with E-state index >= 15 is 0 Å². The third-order valence-corrected chi connectivity index (χ3v) is 4.80. The largest absolute Gasteiger partial charge is 0.338 e. The minimum Gasteiger partial charge on any atom is -0.338 e. The fourth-order valence-corrected chi connectivity index (χ4v) is 3.33. The quantitative estimate of drug-likeness (QED) is 0.643. The Labute approximate surface area is 155 Å². The molecule has 0 aliphatic carbocycles. The molecular weight excluding hydrogens is 346 g/mol.